The topological polar surface area (TPSA) is 107 Å². The van der Waals surface area contributed by atoms with Gasteiger partial charge in [0.1, 0.15) is 36.4 Å². The van der Waals surface area contributed by atoms with Gasteiger partial charge in [0, 0.05) is 6.07 Å². The summed E-state index contributed by atoms with van der Waals surface area (Å²) < 4.78 is 22.2. The number of hydrogen-bond acceptors (Lipinski definition) is 7. The first-order chi connectivity index (χ1) is 16.0. The van der Waals surface area contributed by atoms with Gasteiger partial charge in [0.25, 0.3) is 5.91 Å². The van der Waals surface area contributed by atoms with E-state index < -0.39 is 5.91 Å². The number of para-hydroxylation sites is 1. The second-order valence-corrected chi connectivity index (χ2v) is 7.05. The average Bonchev–Trinajstić information content (AvgIpc) is 3.21. The molecule has 8 nitrogen and oxygen atoms in total. The van der Waals surface area contributed by atoms with Crippen LogP contribution in [-0.2, 0) is 4.79 Å². The van der Waals surface area contributed by atoms with Crippen LogP contribution in [0.1, 0.15) is 23.8 Å². The molecule has 0 aliphatic heterocycles. The minimum absolute atomic E-state index is 0.0848. The Morgan fingerprint density at radius 2 is 1.82 bits per heavy atom. The lowest BCUT2D eigenvalue weighted by molar-refractivity contribution is -0.112. The minimum atomic E-state index is -0.586. The van der Waals surface area contributed by atoms with Crippen LogP contribution in [0.15, 0.2) is 58.6 Å². The Bertz CT molecular complexity index is 1180. The van der Waals surface area contributed by atoms with Gasteiger partial charge in [-0.1, -0.05) is 29.4 Å². The number of aromatic nitrogens is 1. The number of anilines is 1. The summed E-state index contributed by atoms with van der Waals surface area (Å²) in [6.45, 7) is 6.68. The summed E-state index contributed by atoms with van der Waals surface area (Å²) in [5.74, 6) is 2.07. The number of aryl methyl sites for hydroxylation is 2. The number of carbonyl (C=O) groups is 1. The Morgan fingerprint density at radius 3 is 2.48 bits per heavy atom. The maximum atomic E-state index is 12.4. The molecule has 170 valence electrons. The highest BCUT2D eigenvalue weighted by Gasteiger charge is 2.13. The number of nitriles is 1. The van der Waals surface area contributed by atoms with Gasteiger partial charge in [0.15, 0.2) is 17.3 Å². The van der Waals surface area contributed by atoms with Crippen molar-refractivity contribution in [2.45, 2.75) is 20.8 Å². The van der Waals surface area contributed by atoms with Gasteiger partial charge in [-0.15, -0.1) is 0 Å². The number of nitrogens with zero attached hydrogens (tertiary/aromatic N) is 2. The van der Waals surface area contributed by atoms with E-state index in [1.54, 1.807) is 31.2 Å². The third kappa shape index (κ3) is 6.61. The fourth-order valence-corrected chi connectivity index (χ4v) is 2.95. The molecule has 1 heterocycles. The molecule has 1 aromatic heterocycles. The van der Waals surface area contributed by atoms with E-state index in [4.69, 9.17) is 18.7 Å². The van der Waals surface area contributed by atoms with Gasteiger partial charge < -0.3 is 24.1 Å². The highest BCUT2D eigenvalue weighted by molar-refractivity contribution is 6.09. The van der Waals surface area contributed by atoms with Crippen LogP contribution in [0.5, 0.6) is 17.2 Å². The van der Waals surface area contributed by atoms with E-state index in [-0.39, 0.29) is 11.4 Å². The minimum Gasteiger partial charge on any atom is -0.490 e. The lowest BCUT2D eigenvalue weighted by Crippen LogP contribution is -2.13. The smallest absolute Gasteiger partial charge is 0.267 e. The molecule has 0 spiro atoms. The standard InChI is InChI=1S/C25H25N3O5/c1-4-30-23-15-19(14-20(16-26)25(29)27-24-13-18(3)33-28-24)9-10-22(23)32-12-11-31-21-8-6-5-7-17(21)2/h5-10,13-15H,4,11-12H2,1-3H3,(H,27,28,29). The SMILES string of the molecule is CCOc1cc(C=C(C#N)C(=O)Nc2cc(C)on2)ccc1OCCOc1ccccc1C. The monoisotopic (exact) mass is 447 g/mol. The molecular formula is C25H25N3O5. The summed E-state index contributed by atoms with van der Waals surface area (Å²) in [5, 5.41) is 15.7. The molecule has 0 atom stereocenters. The van der Waals surface area contributed by atoms with Gasteiger partial charge >= 0.3 is 0 Å². The van der Waals surface area contributed by atoms with Crippen LogP contribution in [-0.4, -0.2) is 30.9 Å². The summed E-state index contributed by atoms with van der Waals surface area (Å²) >= 11 is 0. The van der Waals surface area contributed by atoms with Gasteiger partial charge in [0.05, 0.1) is 6.61 Å². The Labute approximate surface area is 192 Å². The summed E-state index contributed by atoms with van der Waals surface area (Å²) in [6, 6.07) is 16.4. The Hall–Kier alpha value is -4.25. The summed E-state index contributed by atoms with van der Waals surface area (Å²) in [7, 11) is 0. The van der Waals surface area contributed by atoms with Crippen molar-refractivity contribution in [2.24, 2.45) is 0 Å². The molecule has 0 bridgehead atoms. The largest absolute Gasteiger partial charge is 0.490 e. The number of rotatable bonds is 10. The number of benzene rings is 2. The van der Waals surface area contributed by atoms with Crippen molar-refractivity contribution in [1.82, 2.24) is 5.16 Å². The predicted octanol–water partition coefficient (Wildman–Crippen LogP) is 4.69. The predicted molar refractivity (Wildman–Crippen MR) is 123 cm³/mol. The second kappa shape index (κ2) is 11.4. The molecule has 1 N–H and O–H groups in total. The highest BCUT2D eigenvalue weighted by atomic mass is 16.5. The van der Waals surface area contributed by atoms with Crippen LogP contribution in [0.3, 0.4) is 0 Å². The quantitative estimate of drug-likeness (QED) is 0.273. The molecule has 0 fully saturated rings. The molecule has 3 aromatic rings. The van der Waals surface area contributed by atoms with E-state index in [1.807, 2.05) is 44.2 Å². The van der Waals surface area contributed by atoms with Gasteiger partial charge in [-0.25, -0.2) is 0 Å². The van der Waals surface area contributed by atoms with Crippen LogP contribution in [0.2, 0.25) is 0 Å². The number of nitrogens with one attached hydrogen (secondary N) is 1. The first-order valence-electron chi connectivity index (χ1n) is 10.4. The summed E-state index contributed by atoms with van der Waals surface area (Å²) in [4.78, 5) is 12.4. The lowest BCUT2D eigenvalue weighted by atomic mass is 10.1. The fraction of sp³-hybridized carbons (Fsp3) is 0.240. The van der Waals surface area contributed by atoms with Crippen LogP contribution < -0.4 is 19.5 Å². The van der Waals surface area contributed by atoms with Crippen molar-refractivity contribution < 1.29 is 23.5 Å². The Balaban J connectivity index is 1.66. The molecule has 2 aromatic carbocycles. The maximum absolute atomic E-state index is 12.4. The van der Waals surface area contributed by atoms with Crippen LogP contribution >= 0.6 is 0 Å². The summed E-state index contributed by atoms with van der Waals surface area (Å²) in [6.07, 6.45) is 1.47. The maximum Gasteiger partial charge on any atom is 0.267 e. The number of amides is 1. The van der Waals surface area contributed by atoms with Crippen molar-refractivity contribution in [3.8, 4) is 23.3 Å². The lowest BCUT2D eigenvalue weighted by Gasteiger charge is -2.14. The van der Waals surface area contributed by atoms with E-state index >= 15 is 0 Å². The molecular weight excluding hydrogens is 422 g/mol. The summed E-state index contributed by atoms with van der Waals surface area (Å²) in [5.41, 5.74) is 1.59. The Kier molecular flexibility index (Phi) is 8.08. The van der Waals surface area contributed by atoms with Gasteiger partial charge in [-0.2, -0.15) is 5.26 Å². The van der Waals surface area contributed by atoms with Crippen LogP contribution in [0.4, 0.5) is 5.82 Å². The molecule has 0 saturated carbocycles. The molecule has 0 aliphatic rings. The molecule has 0 unspecified atom stereocenters. The second-order valence-electron chi connectivity index (χ2n) is 7.05. The van der Waals surface area contributed by atoms with Crippen LogP contribution in [0.25, 0.3) is 6.08 Å². The van der Waals surface area contributed by atoms with Crippen molar-refractivity contribution in [2.75, 3.05) is 25.1 Å². The van der Waals surface area contributed by atoms with Gasteiger partial charge in [-0.05, 0) is 56.2 Å². The van der Waals surface area contributed by atoms with E-state index in [0.717, 1.165) is 11.3 Å². The van der Waals surface area contributed by atoms with Gasteiger partial charge in [0.2, 0.25) is 0 Å². The number of hydrogen-bond donors (Lipinski definition) is 1. The highest BCUT2D eigenvalue weighted by Crippen LogP contribution is 2.29. The zero-order chi connectivity index (χ0) is 23.6. The van der Waals surface area contributed by atoms with Crippen molar-refractivity contribution in [3.05, 3.63) is 71.0 Å². The van der Waals surface area contributed by atoms with E-state index in [1.165, 1.54) is 6.08 Å². The molecule has 0 aliphatic carbocycles. The molecule has 8 heteroatoms. The zero-order valence-electron chi connectivity index (χ0n) is 18.8. The van der Waals surface area contributed by atoms with E-state index in [9.17, 15) is 10.1 Å². The molecule has 33 heavy (non-hydrogen) atoms. The third-order valence-corrected chi connectivity index (χ3v) is 4.51. The fourth-order valence-electron chi connectivity index (χ4n) is 2.95. The van der Waals surface area contributed by atoms with Gasteiger partial charge in [-0.3, -0.25) is 4.79 Å². The zero-order valence-corrected chi connectivity index (χ0v) is 18.8. The van der Waals surface area contributed by atoms with Crippen molar-refractivity contribution in [3.63, 3.8) is 0 Å². The molecule has 0 radical (unpaired) electrons. The number of ether oxygens (including phenoxy) is 3. The van der Waals surface area contributed by atoms with Crippen LogP contribution in [0, 0.1) is 25.2 Å². The van der Waals surface area contributed by atoms with Crippen molar-refractivity contribution in [1.29, 1.82) is 5.26 Å². The molecule has 0 saturated heterocycles. The van der Waals surface area contributed by atoms with E-state index in [0.29, 0.717) is 42.6 Å². The first kappa shape index (κ1) is 23.4. The number of carbonyl (C=O) groups excluding carboxylic acids is 1. The molecule has 1 amide bonds. The van der Waals surface area contributed by atoms with E-state index in [2.05, 4.69) is 10.5 Å². The Morgan fingerprint density at radius 1 is 1.06 bits per heavy atom. The first-order valence-corrected chi connectivity index (χ1v) is 10.4. The molecule has 3 rings (SSSR count). The third-order valence-electron chi connectivity index (χ3n) is 4.51. The van der Waals surface area contributed by atoms with Crippen molar-refractivity contribution >= 4 is 17.8 Å². The normalized spacial score (nSPS) is 10.9. The average molecular weight is 447 g/mol.